The monoisotopic (exact) mass is 356 g/mol. The van der Waals surface area contributed by atoms with Crippen LogP contribution in [0.3, 0.4) is 0 Å². The fourth-order valence-electron chi connectivity index (χ4n) is 2.59. The number of nitriles is 1. The molecule has 0 aliphatic heterocycles. The first-order valence-electron chi connectivity index (χ1n) is 8.03. The summed E-state index contributed by atoms with van der Waals surface area (Å²) in [6.07, 6.45) is 6.26. The predicted octanol–water partition coefficient (Wildman–Crippen LogP) is 2.28. The molecule has 0 fully saturated rings. The lowest BCUT2D eigenvalue weighted by Crippen LogP contribution is -2.19. The second kappa shape index (κ2) is 7.01. The van der Waals surface area contributed by atoms with Crippen molar-refractivity contribution in [2.75, 3.05) is 0 Å². The van der Waals surface area contributed by atoms with Crippen LogP contribution in [0.25, 0.3) is 23.0 Å². The largest absolute Gasteiger partial charge is 0.333 e. The fraction of sp³-hybridized carbons (Fsp3) is 0.0526. The molecule has 3 aromatic heterocycles. The van der Waals surface area contributed by atoms with Crippen LogP contribution in [0.2, 0.25) is 0 Å². The molecule has 0 atom stereocenters. The van der Waals surface area contributed by atoms with Gasteiger partial charge in [-0.3, -0.25) is 9.78 Å². The maximum absolute atomic E-state index is 12.2. The molecule has 0 unspecified atom stereocenters. The van der Waals surface area contributed by atoms with Crippen LogP contribution >= 0.6 is 0 Å². The third kappa shape index (κ3) is 3.34. The van der Waals surface area contributed by atoms with Crippen LogP contribution in [-0.4, -0.2) is 24.7 Å². The Bertz CT molecular complexity index is 1190. The van der Waals surface area contributed by atoms with E-state index in [1.165, 1.54) is 23.0 Å². The number of pyridine rings is 1. The van der Waals surface area contributed by atoms with Crippen molar-refractivity contribution in [2.45, 2.75) is 6.54 Å². The van der Waals surface area contributed by atoms with Gasteiger partial charge in [-0.1, -0.05) is 23.4 Å². The Balaban J connectivity index is 1.68. The summed E-state index contributed by atoms with van der Waals surface area (Å²) >= 11 is 0. The van der Waals surface area contributed by atoms with Gasteiger partial charge in [-0.25, -0.2) is 4.98 Å². The summed E-state index contributed by atoms with van der Waals surface area (Å²) in [4.78, 5) is 24.6. The Hall–Kier alpha value is -4.12. The topological polar surface area (TPSA) is 110 Å². The van der Waals surface area contributed by atoms with Crippen LogP contribution in [0.1, 0.15) is 11.1 Å². The third-order valence-electron chi connectivity index (χ3n) is 3.93. The number of hydrogen-bond donors (Lipinski definition) is 0. The van der Waals surface area contributed by atoms with E-state index in [1.807, 2.05) is 12.1 Å². The quantitative estimate of drug-likeness (QED) is 0.551. The standard InChI is InChI=1S/C19H12N6O2/c20-9-13-3-1-2-4-14(13)11-25-12-15(5-6-17(25)26)19-23-18(24-27-19)16-10-21-7-8-22-16/h1-8,10,12H,11H2. The molecule has 27 heavy (non-hydrogen) atoms. The van der Waals surface area contributed by atoms with E-state index in [-0.39, 0.29) is 18.0 Å². The summed E-state index contributed by atoms with van der Waals surface area (Å²) in [5.74, 6) is 0.573. The van der Waals surface area contributed by atoms with E-state index < -0.39 is 0 Å². The van der Waals surface area contributed by atoms with Crippen LogP contribution in [-0.2, 0) is 6.54 Å². The summed E-state index contributed by atoms with van der Waals surface area (Å²) in [6, 6.07) is 12.3. The molecular weight excluding hydrogens is 344 g/mol. The average Bonchev–Trinajstić information content (AvgIpc) is 3.21. The molecule has 0 N–H and O–H groups in total. The molecule has 4 aromatic rings. The Kier molecular flexibility index (Phi) is 4.25. The van der Waals surface area contributed by atoms with Gasteiger partial charge in [-0.2, -0.15) is 10.2 Å². The maximum Gasteiger partial charge on any atom is 0.259 e. The van der Waals surface area contributed by atoms with Gasteiger partial charge in [0, 0.05) is 24.7 Å². The molecule has 4 rings (SSSR count). The number of hydrogen-bond acceptors (Lipinski definition) is 7. The van der Waals surface area contributed by atoms with Gasteiger partial charge < -0.3 is 9.09 Å². The highest BCUT2D eigenvalue weighted by atomic mass is 16.5. The number of rotatable bonds is 4. The fourth-order valence-corrected chi connectivity index (χ4v) is 2.59. The minimum atomic E-state index is -0.194. The zero-order chi connectivity index (χ0) is 18.6. The highest BCUT2D eigenvalue weighted by molar-refractivity contribution is 5.55. The summed E-state index contributed by atoms with van der Waals surface area (Å²) in [5, 5.41) is 13.1. The Labute approximate surface area is 153 Å². The molecule has 0 aliphatic rings. The van der Waals surface area contributed by atoms with Crippen molar-refractivity contribution in [1.29, 1.82) is 5.26 Å². The van der Waals surface area contributed by atoms with E-state index in [0.29, 0.717) is 22.6 Å². The van der Waals surface area contributed by atoms with Crippen LogP contribution in [0.4, 0.5) is 0 Å². The SMILES string of the molecule is N#Cc1ccccc1Cn1cc(-c2nc(-c3cnccn3)no2)ccc1=O. The first kappa shape index (κ1) is 16.4. The van der Waals surface area contributed by atoms with Gasteiger partial charge in [0.2, 0.25) is 5.82 Å². The van der Waals surface area contributed by atoms with Crippen molar-refractivity contribution < 1.29 is 4.52 Å². The zero-order valence-corrected chi connectivity index (χ0v) is 14.0. The van der Waals surface area contributed by atoms with E-state index in [2.05, 4.69) is 26.2 Å². The lowest BCUT2D eigenvalue weighted by Gasteiger charge is -2.08. The van der Waals surface area contributed by atoms with Crippen molar-refractivity contribution >= 4 is 0 Å². The van der Waals surface area contributed by atoms with Crippen LogP contribution < -0.4 is 5.56 Å². The van der Waals surface area contributed by atoms with E-state index in [0.717, 1.165) is 5.56 Å². The van der Waals surface area contributed by atoms with Crippen molar-refractivity contribution in [1.82, 2.24) is 24.7 Å². The molecule has 0 amide bonds. The van der Waals surface area contributed by atoms with Crippen LogP contribution in [0.5, 0.6) is 0 Å². The molecule has 0 radical (unpaired) electrons. The van der Waals surface area contributed by atoms with Crippen molar-refractivity contribution in [3.8, 4) is 29.0 Å². The number of benzene rings is 1. The normalized spacial score (nSPS) is 10.5. The first-order valence-corrected chi connectivity index (χ1v) is 8.03. The predicted molar refractivity (Wildman–Crippen MR) is 95.3 cm³/mol. The van der Waals surface area contributed by atoms with Gasteiger partial charge in [0.15, 0.2) is 0 Å². The van der Waals surface area contributed by atoms with Crippen LogP contribution in [0, 0.1) is 11.3 Å². The highest BCUT2D eigenvalue weighted by Crippen LogP contribution is 2.20. The molecule has 3 heterocycles. The molecule has 8 heteroatoms. The molecule has 1 aromatic carbocycles. The molecular formula is C19H12N6O2. The smallest absolute Gasteiger partial charge is 0.259 e. The van der Waals surface area contributed by atoms with Gasteiger partial charge in [-0.15, -0.1) is 0 Å². The van der Waals surface area contributed by atoms with Crippen molar-refractivity contribution in [3.63, 3.8) is 0 Å². The molecule has 0 spiro atoms. The minimum Gasteiger partial charge on any atom is -0.333 e. The van der Waals surface area contributed by atoms with E-state index in [1.54, 1.807) is 30.6 Å². The molecule has 130 valence electrons. The lowest BCUT2D eigenvalue weighted by molar-refractivity contribution is 0.431. The second-order valence-corrected chi connectivity index (χ2v) is 5.67. The number of aromatic nitrogens is 5. The van der Waals surface area contributed by atoms with Gasteiger partial charge in [0.05, 0.1) is 29.9 Å². The Morgan fingerprint density at radius 3 is 2.85 bits per heavy atom. The lowest BCUT2D eigenvalue weighted by atomic mass is 10.1. The Morgan fingerprint density at radius 1 is 1.15 bits per heavy atom. The van der Waals surface area contributed by atoms with Crippen molar-refractivity contribution in [3.05, 3.63) is 82.7 Å². The summed E-state index contributed by atoms with van der Waals surface area (Å²) in [6.45, 7) is 0.265. The average molecular weight is 356 g/mol. The van der Waals surface area contributed by atoms with Gasteiger partial charge >= 0.3 is 0 Å². The van der Waals surface area contributed by atoms with Gasteiger partial charge in [0.1, 0.15) is 5.69 Å². The third-order valence-corrected chi connectivity index (χ3v) is 3.93. The molecule has 0 saturated heterocycles. The highest BCUT2D eigenvalue weighted by Gasteiger charge is 2.13. The molecule has 0 saturated carbocycles. The van der Waals surface area contributed by atoms with E-state index in [9.17, 15) is 10.1 Å². The molecule has 0 aliphatic carbocycles. The first-order chi connectivity index (χ1) is 13.2. The van der Waals surface area contributed by atoms with E-state index >= 15 is 0 Å². The minimum absolute atomic E-state index is 0.194. The number of nitrogens with zero attached hydrogens (tertiary/aromatic N) is 6. The zero-order valence-electron chi connectivity index (χ0n) is 14.0. The maximum atomic E-state index is 12.2. The van der Waals surface area contributed by atoms with E-state index in [4.69, 9.17) is 4.52 Å². The summed E-state index contributed by atoms with van der Waals surface area (Å²) in [5.41, 5.74) is 2.16. The van der Waals surface area contributed by atoms with Crippen LogP contribution in [0.15, 0.2) is 70.5 Å². The summed E-state index contributed by atoms with van der Waals surface area (Å²) < 4.78 is 6.80. The van der Waals surface area contributed by atoms with Gasteiger partial charge in [0.25, 0.3) is 11.4 Å². The van der Waals surface area contributed by atoms with Gasteiger partial charge in [-0.05, 0) is 17.7 Å². The molecule has 0 bridgehead atoms. The van der Waals surface area contributed by atoms with Crippen molar-refractivity contribution in [2.24, 2.45) is 0 Å². The summed E-state index contributed by atoms with van der Waals surface area (Å²) in [7, 11) is 0. The molecule has 8 nitrogen and oxygen atoms in total. The second-order valence-electron chi connectivity index (χ2n) is 5.67. The Morgan fingerprint density at radius 2 is 2.04 bits per heavy atom.